The van der Waals surface area contributed by atoms with Crippen LogP contribution in [0.15, 0.2) is 18.2 Å². The summed E-state index contributed by atoms with van der Waals surface area (Å²) in [5.74, 6) is -0.658. The van der Waals surface area contributed by atoms with Crippen molar-refractivity contribution in [2.24, 2.45) is 11.7 Å². The van der Waals surface area contributed by atoms with Crippen molar-refractivity contribution in [3.05, 3.63) is 24.0 Å². The lowest BCUT2D eigenvalue weighted by molar-refractivity contribution is -0.119. The maximum Gasteiger partial charge on any atom is 0.240 e. The molecule has 2 aromatic rings. The SMILES string of the molecule is CC(C)C(Nc1nc2ccc(F)cc2s1)C(N)=O. The fourth-order valence-electron chi connectivity index (χ4n) is 1.66. The molecule has 1 unspecified atom stereocenters. The number of primary amides is 1. The first kappa shape index (κ1) is 12.8. The number of rotatable bonds is 4. The van der Waals surface area contributed by atoms with Gasteiger partial charge in [-0.3, -0.25) is 4.79 Å². The number of thiazole rings is 1. The van der Waals surface area contributed by atoms with Gasteiger partial charge in [0.05, 0.1) is 10.2 Å². The molecule has 1 aromatic carbocycles. The second kappa shape index (κ2) is 4.89. The number of nitrogens with one attached hydrogen (secondary N) is 1. The fraction of sp³-hybridized carbons (Fsp3) is 0.333. The average molecular weight is 267 g/mol. The summed E-state index contributed by atoms with van der Waals surface area (Å²) in [6.45, 7) is 3.80. The van der Waals surface area contributed by atoms with Gasteiger partial charge in [0.25, 0.3) is 0 Å². The first-order valence-corrected chi connectivity index (χ1v) is 6.41. The van der Waals surface area contributed by atoms with Crippen LogP contribution in [0.5, 0.6) is 0 Å². The van der Waals surface area contributed by atoms with Gasteiger partial charge in [-0.1, -0.05) is 25.2 Å². The molecule has 2 rings (SSSR count). The van der Waals surface area contributed by atoms with E-state index in [4.69, 9.17) is 5.73 Å². The number of benzene rings is 1. The molecule has 0 bridgehead atoms. The Hall–Kier alpha value is -1.69. The Morgan fingerprint density at radius 1 is 1.50 bits per heavy atom. The molecule has 0 aliphatic rings. The number of nitrogens with zero attached hydrogens (tertiary/aromatic N) is 1. The maximum atomic E-state index is 13.0. The van der Waals surface area contributed by atoms with Gasteiger partial charge in [0.1, 0.15) is 11.9 Å². The summed E-state index contributed by atoms with van der Waals surface area (Å²) in [5.41, 5.74) is 6.02. The molecular formula is C12H14FN3OS. The third-order valence-corrected chi connectivity index (χ3v) is 3.55. The van der Waals surface area contributed by atoms with Crippen LogP contribution < -0.4 is 11.1 Å². The Morgan fingerprint density at radius 3 is 2.83 bits per heavy atom. The van der Waals surface area contributed by atoms with Crippen LogP contribution in [0.2, 0.25) is 0 Å². The van der Waals surface area contributed by atoms with Gasteiger partial charge in [-0.25, -0.2) is 9.37 Å². The smallest absolute Gasteiger partial charge is 0.240 e. The lowest BCUT2D eigenvalue weighted by Crippen LogP contribution is -2.39. The van der Waals surface area contributed by atoms with Crippen molar-refractivity contribution in [3.63, 3.8) is 0 Å². The number of anilines is 1. The van der Waals surface area contributed by atoms with Crippen LogP contribution in [0.1, 0.15) is 13.8 Å². The van der Waals surface area contributed by atoms with Gasteiger partial charge in [0, 0.05) is 0 Å². The second-order valence-corrected chi connectivity index (χ2v) is 5.43. The molecule has 0 fully saturated rings. The van der Waals surface area contributed by atoms with E-state index in [1.165, 1.54) is 23.5 Å². The van der Waals surface area contributed by atoms with Crippen LogP contribution in [-0.4, -0.2) is 16.9 Å². The monoisotopic (exact) mass is 267 g/mol. The molecule has 0 spiro atoms. The van der Waals surface area contributed by atoms with Gasteiger partial charge in [0.2, 0.25) is 5.91 Å². The third kappa shape index (κ3) is 2.59. The van der Waals surface area contributed by atoms with E-state index >= 15 is 0 Å². The minimum Gasteiger partial charge on any atom is -0.368 e. The van der Waals surface area contributed by atoms with Crippen molar-refractivity contribution in [2.45, 2.75) is 19.9 Å². The highest BCUT2D eigenvalue weighted by Crippen LogP contribution is 2.27. The first-order valence-electron chi connectivity index (χ1n) is 5.59. The summed E-state index contributed by atoms with van der Waals surface area (Å²) in [4.78, 5) is 15.6. The normalized spacial score (nSPS) is 12.9. The molecule has 1 amide bonds. The largest absolute Gasteiger partial charge is 0.368 e. The highest BCUT2D eigenvalue weighted by molar-refractivity contribution is 7.22. The average Bonchev–Trinajstić information content (AvgIpc) is 2.66. The van der Waals surface area contributed by atoms with Gasteiger partial charge < -0.3 is 11.1 Å². The van der Waals surface area contributed by atoms with Crippen molar-refractivity contribution in [3.8, 4) is 0 Å². The highest BCUT2D eigenvalue weighted by atomic mass is 32.1. The van der Waals surface area contributed by atoms with Gasteiger partial charge in [0.15, 0.2) is 5.13 Å². The third-order valence-electron chi connectivity index (χ3n) is 2.60. The molecule has 1 heterocycles. The predicted molar refractivity (Wildman–Crippen MR) is 71.0 cm³/mol. The van der Waals surface area contributed by atoms with E-state index < -0.39 is 11.9 Å². The Morgan fingerprint density at radius 2 is 2.22 bits per heavy atom. The minimum absolute atomic E-state index is 0.0613. The molecule has 3 N–H and O–H groups in total. The number of carbonyl (C=O) groups is 1. The number of fused-ring (bicyclic) bond motifs is 1. The van der Waals surface area contributed by atoms with E-state index in [2.05, 4.69) is 10.3 Å². The molecule has 1 aromatic heterocycles. The van der Waals surface area contributed by atoms with Crippen LogP contribution in [0, 0.1) is 11.7 Å². The lowest BCUT2D eigenvalue weighted by Gasteiger charge is -2.17. The van der Waals surface area contributed by atoms with Crippen LogP contribution in [0.25, 0.3) is 10.2 Å². The highest BCUT2D eigenvalue weighted by Gasteiger charge is 2.20. The zero-order valence-corrected chi connectivity index (χ0v) is 10.9. The quantitative estimate of drug-likeness (QED) is 0.893. The zero-order valence-electron chi connectivity index (χ0n) is 10.1. The summed E-state index contributed by atoms with van der Waals surface area (Å²) >= 11 is 1.30. The van der Waals surface area contributed by atoms with E-state index in [0.717, 1.165) is 4.70 Å². The van der Waals surface area contributed by atoms with E-state index in [0.29, 0.717) is 10.6 Å². The summed E-state index contributed by atoms with van der Waals surface area (Å²) < 4.78 is 13.8. The van der Waals surface area contributed by atoms with Gasteiger partial charge in [-0.05, 0) is 24.1 Å². The number of hydrogen-bond donors (Lipinski definition) is 2. The number of amides is 1. The predicted octanol–water partition coefficient (Wildman–Crippen LogP) is 2.36. The number of hydrogen-bond acceptors (Lipinski definition) is 4. The van der Waals surface area contributed by atoms with Gasteiger partial charge in [-0.15, -0.1) is 0 Å². The molecule has 0 saturated carbocycles. The summed E-state index contributed by atoms with van der Waals surface area (Å²) in [6, 6.07) is 3.92. The van der Waals surface area contributed by atoms with Crippen molar-refractivity contribution in [1.82, 2.24) is 4.98 Å². The topological polar surface area (TPSA) is 68.0 Å². The second-order valence-electron chi connectivity index (χ2n) is 4.40. The minimum atomic E-state index is -0.476. The van der Waals surface area contributed by atoms with Gasteiger partial charge in [-0.2, -0.15) is 0 Å². The van der Waals surface area contributed by atoms with Crippen LogP contribution >= 0.6 is 11.3 Å². The lowest BCUT2D eigenvalue weighted by atomic mass is 10.0. The molecule has 0 saturated heterocycles. The van der Waals surface area contributed by atoms with Crippen molar-refractivity contribution in [2.75, 3.05) is 5.32 Å². The van der Waals surface area contributed by atoms with E-state index in [1.807, 2.05) is 13.8 Å². The number of aromatic nitrogens is 1. The van der Waals surface area contributed by atoms with Crippen LogP contribution in [0.3, 0.4) is 0 Å². The number of nitrogens with two attached hydrogens (primary N) is 1. The Bertz CT molecular complexity index is 582. The van der Waals surface area contributed by atoms with E-state index in [9.17, 15) is 9.18 Å². The molecule has 6 heteroatoms. The number of halogens is 1. The Kier molecular flexibility index (Phi) is 3.47. The first-order chi connectivity index (χ1) is 8.47. The molecule has 4 nitrogen and oxygen atoms in total. The summed E-state index contributed by atoms with van der Waals surface area (Å²) in [5, 5.41) is 3.57. The zero-order chi connectivity index (χ0) is 13.3. The van der Waals surface area contributed by atoms with E-state index in [1.54, 1.807) is 6.07 Å². The molecule has 18 heavy (non-hydrogen) atoms. The maximum absolute atomic E-state index is 13.0. The van der Waals surface area contributed by atoms with Crippen LogP contribution in [-0.2, 0) is 4.79 Å². The van der Waals surface area contributed by atoms with Crippen molar-refractivity contribution >= 4 is 32.6 Å². The standard InChI is InChI=1S/C12H14FN3OS/c1-6(2)10(11(14)17)16-12-15-8-4-3-7(13)5-9(8)18-12/h3-6,10H,1-2H3,(H2,14,17)(H,15,16). The molecular weight excluding hydrogens is 253 g/mol. The molecule has 96 valence electrons. The summed E-state index contributed by atoms with van der Waals surface area (Å²) in [7, 11) is 0. The fourth-order valence-corrected chi connectivity index (χ4v) is 2.59. The number of carbonyl (C=O) groups excluding carboxylic acids is 1. The summed E-state index contributed by atoms with van der Waals surface area (Å²) in [6.07, 6.45) is 0. The van der Waals surface area contributed by atoms with Crippen molar-refractivity contribution < 1.29 is 9.18 Å². The molecule has 0 aliphatic carbocycles. The van der Waals surface area contributed by atoms with E-state index in [-0.39, 0.29) is 11.7 Å². The molecule has 0 radical (unpaired) electrons. The Balaban J connectivity index is 2.28. The van der Waals surface area contributed by atoms with Gasteiger partial charge >= 0.3 is 0 Å². The van der Waals surface area contributed by atoms with Crippen molar-refractivity contribution in [1.29, 1.82) is 0 Å². The molecule has 0 aliphatic heterocycles. The Labute approximate surface area is 108 Å². The molecule has 1 atom stereocenters. The van der Waals surface area contributed by atoms with Crippen LogP contribution in [0.4, 0.5) is 9.52 Å².